The molecular formula is C10H13N3O2S. The summed E-state index contributed by atoms with van der Waals surface area (Å²) >= 11 is 1.28. The second kappa shape index (κ2) is 3.95. The monoisotopic (exact) mass is 239 g/mol. The van der Waals surface area contributed by atoms with Crippen LogP contribution in [0.5, 0.6) is 0 Å². The molecule has 2 atom stereocenters. The fourth-order valence-electron chi connectivity index (χ4n) is 1.57. The van der Waals surface area contributed by atoms with Crippen molar-refractivity contribution in [1.82, 2.24) is 4.98 Å². The lowest BCUT2D eigenvalue weighted by Gasteiger charge is -2.09. The van der Waals surface area contributed by atoms with Gasteiger partial charge in [-0.1, -0.05) is 6.92 Å². The van der Waals surface area contributed by atoms with E-state index in [9.17, 15) is 9.59 Å². The normalized spacial score (nSPS) is 22.9. The highest BCUT2D eigenvalue weighted by atomic mass is 32.1. The molecule has 0 aromatic carbocycles. The lowest BCUT2D eigenvalue weighted by Crippen LogP contribution is -2.29. The van der Waals surface area contributed by atoms with Crippen LogP contribution in [0.2, 0.25) is 0 Å². The van der Waals surface area contributed by atoms with Crippen LogP contribution in [0.25, 0.3) is 0 Å². The van der Waals surface area contributed by atoms with Gasteiger partial charge in [0, 0.05) is 23.8 Å². The van der Waals surface area contributed by atoms with E-state index in [1.807, 2.05) is 6.92 Å². The molecule has 1 aromatic rings. The van der Waals surface area contributed by atoms with Gasteiger partial charge in [-0.2, -0.15) is 0 Å². The van der Waals surface area contributed by atoms with Crippen molar-refractivity contribution in [3.63, 3.8) is 0 Å². The van der Waals surface area contributed by atoms with Crippen molar-refractivity contribution < 1.29 is 9.59 Å². The van der Waals surface area contributed by atoms with Crippen LogP contribution in [0.3, 0.4) is 0 Å². The van der Waals surface area contributed by atoms with Crippen molar-refractivity contribution >= 4 is 28.3 Å². The first-order chi connectivity index (χ1) is 7.50. The molecular weight excluding hydrogens is 226 g/mol. The van der Waals surface area contributed by atoms with E-state index in [1.54, 1.807) is 12.3 Å². The fourth-order valence-corrected chi connectivity index (χ4v) is 2.52. The Morgan fingerprint density at radius 1 is 1.62 bits per heavy atom. The van der Waals surface area contributed by atoms with Gasteiger partial charge in [0.15, 0.2) is 5.13 Å². The summed E-state index contributed by atoms with van der Waals surface area (Å²) in [7, 11) is 0. The third-order valence-electron chi connectivity index (χ3n) is 2.54. The van der Waals surface area contributed by atoms with Gasteiger partial charge < -0.3 is 5.73 Å². The summed E-state index contributed by atoms with van der Waals surface area (Å²) in [5.74, 6) is -0.589. The molecule has 0 aliphatic carbocycles. The largest absolute Gasteiger partial charge is 0.323 e. The van der Waals surface area contributed by atoms with Crippen LogP contribution in [0.1, 0.15) is 32.0 Å². The number of hydrogen-bond donors (Lipinski definition) is 1. The van der Waals surface area contributed by atoms with Crippen molar-refractivity contribution in [3.8, 4) is 0 Å². The second-order valence-electron chi connectivity index (χ2n) is 4.02. The molecule has 2 N–H and O–H groups in total. The van der Waals surface area contributed by atoms with Gasteiger partial charge in [-0.05, 0) is 6.92 Å². The van der Waals surface area contributed by atoms with Crippen molar-refractivity contribution in [2.45, 2.75) is 26.3 Å². The minimum atomic E-state index is -0.241. The molecule has 5 nitrogen and oxygen atoms in total. The number of hydrogen-bond acceptors (Lipinski definition) is 5. The van der Waals surface area contributed by atoms with Gasteiger partial charge in [0.25, 0.3) is 0 Å². The molecule has 1 aliphatic rings. The van der Waals surface area contributed by atoms with Crippen molar-refractivity contribution in [3.05, 3.63) is 11.1 Å². The highest BCUT2D eigenvalue weighted by Crippen LogP contribution is 2.29. The van der Waals surface area contributed by atoms with E-state index < -0.39 is 0 Å². The molecule has 0 radical (unpaired) electrons. The van der Waals surface area contributed by atoms with Gasteiger partial charge in [0.05, 0.1) is 5.69 Å². The highest BCUT2D eigenvalue weighted by Gasteiger charge is 2.38. The summed E-state index contributed by atoms with van der Waals surface area (Å²) in [6.07, 6.45) is 0.270. The molecule has 2 amide bonds. The lowest BCUT2D eigenvalue weighted by atomic mass is 10.1. The molecule has 0 bridgehead atoms. The molecule has 1 aliphatic heterocycles. The molecule has 0 spiro atoms. The van der Waals surface area contributed by atoms with Gasteiger partial charge in [0.2, 0.25) is 11.8 Å². The van der Waals surface area contributed by atoms with E-state index in [1.165, 1.54) is 16.2 Å². The minimum absolute atomic E-state index is 0.171. The highest BCUT2D eigenvalue weighted by molar-refractivity contribution is 7.14. The number of thiazole rings is 1. The van der Waals surface area contributed by atoms with Crippen LogP contribution < -0.4 is 10.6 Å². The van der Waals surface area contributed by atoms with Crippen molar-refractivity contribution in [2.24, 2.45) is 11.7 Å². The molecule has 1 aromatic heterocycles. The van der Waals surface area contributed by atoms with Gasteiger partial charge in [-0.25, -0.2) is 9.88 Å². The number of carbonyl (C=O) groups is 2. The zero-order chi connectivity index (χ0) is 11.9. The number of imide groups is 1. The van der Waals surface area contributed by atoms with E-state index in [0.29, 0.717) is 10.8 Å². The maximum atomic E-state index is 11.7. The topological polar surface area (TPSA) is 76.3 Å². The molecule has 0 saturated carbocycles. The standard InChI is InChI=1S/C10H13N3O2S/c1-5-3-8(14)13(9(5)15)10-12-7(4-16-10)6(2)11/h4-6H,3,11H2,1-2H3. The van der Waals surface area contributed by atoms with Crippen LogP contribution in [-0.4, -0.2) is 16.8 Å². The second-order valence-corrected chi connectivity index (χ2v) is 4.85. The van der Waals surface area contributed by atoms with Crippen molar-refractivity contribution in [1.29, 1.82) is 0 Å². The Bertz CT molecular complexity index is 441. The summed E-state index contributed by atoms with van der Waals surface area (Å²) in [5.41, 5.74) is 6.39. The van der Waals surface area contributed by atoms with Gasteiger partial charge in [-0.3, -0.25) is 9.59 Å². The molecule has 86 valence electrons. The first-order valence-corrected chi connectivity index (χ1v) is 5.96. The molecule has 1 fully saturated rings. The van der Waals surface area contributed by atoms with Crippen LogP contribution >= 0.6 is 11.3 Å². The SMILES string of the molecule is CC1CC(=O)N(c2nc(C(C)N)cs2)C1=O. The van der Waals surface area contributed by atoms with Gasteiger partial charge in [0.1, 0.15) is 0 Å². The van der Waals surface area contributed by atoms with E-state index >= 15 is 0 Å². The molecule has 1 saturated heterocycles. The van der Waals surface area contributed by atoms with Crippen LogP contribution in [0.15, 0.2) is 5.38 Å². The van der Waals surface area contributed by atoms with Crippen LogP contribution in [-0.2, 0) is 9.59 Å². The average molecular weight is 239 g/mol. The Kier molecular flexibility index (Phi) is 2.77. The number of aromatic nitrogens is 1. The van der Waals surface area contributed by atoms with Crippen LogP contribution in [0, 0.1) is 5.92 Å². The lowest BCUT2D eigenvalue weighted by molar-refractivity contribution is -0.122. The summed E-state index contributed by atoms with van der Waals surface area (Å²) < 4.78 is 0. The van der Waals surface area contributed by atoms with Crippen LogP contribution in [0.4, 0.5) is 5.13 Å². The number of amides is 2. The summed E-state index contributed by atoms with van der Waals surface area (Å²) in [6, 6.07) is -0.185. The molecule has 2 heterocycles. The summed E-state index contributed by atoms with van der Waals surface area (Å²) in [4.78, 5) is 28.7. The Morgan fingerprint density at radius 2 is 2.31 bits per heavy atom. The maximum absolute atomic E-state index is 11.7. The summed E-state index contributed by atoms with van der Waals surface area (Å²) in [6.45, 7) is 3.56. The van der Waals surface area contributed by atoms with E-state index in [0.717, 1.165) is 0 Å². The Balaban J connectivity index is 2.30. The third kappa shape index (κ3) is 1.74. The number of rotatable bonds is 2. The molecule has 2 unspecified atom stereocenters. The third-order valence-corrected chi connectivity index (χ3v) is 3.38. The fraction of sp³-hybridized carbons (Fsp3) is 0.500. The smallest absolute Gasteiger partial charge is 0.238 e. The van der Waals surface area contributed by atoms with Crippen molar-refractivity contribution in [2.75, 3.05) is 4.90 Å². The van der Waals surface area contributed by atoms with E-state index in [2.05, 4.69) is 4.98 Å². The Labute approximate surface area is 97.3 Å². The first-order valence-electron chi connectivity index (χ1n) is 5.08. The number of nitrogens with zero attached hydrogens (tertiary/aromatic N) is 2. The first kappa shape index (κ1) is 11.2. The van der Waals surface area contributed by atoms with E-state index in [4.69, 9.17) is 5.73 Å². The minimum Gasteiger partial charge on any atom is -0.323 e. The zero-order valence-electron chi connectivity index (χ0n) is 9.14. The Morgan fingerprint density at radius 3 is 2.75 bits per heavy atom. The zero-order valence-corrected chi connectivity index (χ0v) is 9.95. The van der Waals surface area contributed by atoms with Gasteiger partial charge >= 0.3 is 0 Å². The molecule has 6 heteroatoms. The summed E-state index contributed by atoms with van der Waals surface area (Å²) in [5, 5.41) is 2.22. The molecule has 2 rings (SSSR count). The predicted molar refractivity (Wildman–Crippen MR) is 61.0 cm³/mol. The number of anilines is 1. The Hall–Kier alpha value is -1.27. The average Bonchev–Trinajstić information content (AvgIpc) is 2.74. The predicted octanol–water partition coefficient (Wildman–Crippen LogP) is 1.06. The number of carbonyl (C=O) groups excluding carboxylic acids is 2. The quantitative estimate of drug-likeness (QED) is 0.783. The van der Waals surface area contributed by atoms with Gasteiger partial charge in [-0.15, -0.1) is 11.3 Å². The van der Waals surface area contributed by atoms with E-state index in [-0.39, 0.29) is 30.2 Å². The maximum Gasteiger partial charge on any atom is 0.238 e. The number of nitrogens with two attached hydrogens (primary N) is 1. The molecule has 16 heavy (non-hydrogen) atoms.